The van der Waals surface area contributed by atoms with Gasteiger partial charge in [0.15, 0.2) is 0 Å². The van der Waals surface area contributed by atoms with Gasteiger partial charge < -0.3 is 14.8 Å². The largest absolute Gasteiger partial charge is 0.489 e. The number of allylic oxidation sites excluding steroid dienone is 2. The second-order valence-electron chi connectivity index (χ2n) is 7.92. The van der Waals surface area contributed by atoms with E-state index in [1.807, 2.05) is 0 Å². The highest BCUT2D eigenvalue weighted by molar-refractivity contribution is 7.98. The molecule has 28 heavy (non-hydrogen) atoms. The molecule has 1 saturated heterocycles. The lowest BCUT2D eigenvalue weighted by Crippen LogP contribution is -2.29. The molecule has 3 aliphatic rings. The van der Waals surface area contributed by atoms with Crippen molar-refractivity contribution in [3.05, 3.63) is 65.7 Å². The molecule has 3 nitrogen and oxygen atoms in total. The molecule has 4 atom stereocenters. The monoisotopic (exact) mass is 393 g/mol. The molecule has 0 spiro atoms. The molecule has 2 aromatic carbocycles. The summed E-state index contributed by atoms with van der Waals surface area (Å²) in [5.41, 5.74) is 3.88. The van der Waals surface area contributed by atoms with Crippen molar-refractivity contribution in [3.8, 4) is 5.75 Å². The normalized spacial score (nSPS) is 27.9. The van der Waals surface area contributed by atoms with Crippen molar-refractivity contribution in [1.82, 2.24) is 0 Å². The van der Waals surface area contributed by atoms with Crippen LogP contribution in [-0.2, 0) is 4.74 Å². The van der Waals surface area contributed by atoms with E-state index >= 15 is 0 Å². The van der Waals surface area contributed by atoms with Gasteiger partial charge in [-0.15, -0.1) is 11.8 Å². The van der Waals surface area contributed by atoms with Crippen molar-refractivity contribution in [2.24, 2.45) is 5.92 Å². The SMILES string of the molecule is CSc1ccc(C2Nc3c(OCC4CCCO4)cccc3C3C=CCC32)cc1. The van der Waals surface area contributed by atoms with Gasteiger partial charge in [0.1, 0.15) is 12.4 Å². The molecule has 0 amide bonds. The molecule has 0 saturated carbocycles. The quantitative estimate of drug-likeness (QED) is 0.514. The van der Waals surface area contributed by atoms with Crippen LogP contribution in [0.1, 0.15) is 42.3 Å². The minimum absolute atomic E-state index is 0.230. The Kier molecular flexibility index (Phi) is 5.08. The number of rotatable bonds is 5. The minimum atomic E-state index is 0.230. The maximum atomic E-state index is 6.24. The Morgan fingerprint density at radius 3 is 2.86 bits per heavy atom. The van der Waals surface area contributed by atoms with E-state index in [0.29, 0.717) is 24.5 Å². The fourth-order valence-electron chi connectivity index (χ4n) is 4.81. The van der Waals surface area contributed by atoms with Gasteiger partial charge in [0, 0.05) is 17.4 Å². The lowest BCUT2D eigenvalue weighted by Gasteiger charge is -2.38. The molecular weight excluding hydrogens is 366 g/mol. The van der Waals surface area contributed by atoms with Crippen molar-refractivity contribution in [3.63, 3.8) is 0 Å². The molecule has 2 aliphatic heterocycles. The van der Waals surface area contributed by atoms with Gasteiger partial charge in [0.25, 0.3) is 0 Å². The van der Waals surface area contributed by atoms with E-state index in [1.54, 1.807) is 11.8 Å². The molecule has 0 aromatic heterocycles. The summed E-state index contributed by atoms with van der Waals surface area (Å²) in [5.74, 6) is 1.96. The minimum Gasteiger partial charge on any atom is -0.489 e. The van der Waals surface area contributed by atoms with Crippen LogP contribution in [0.5, 0.6) is 5.75 Å². The number of hydrogen-bond acceptors (Lipinski definition) is 4. The molecule has 0 bridgehead atoms. The fraction of sp³-hybridized carbons (Fsp3) is 0.417. The first-order chi connectivity index (χ1) is 13.8. The summed E-state index contributed by atoms with van der Waals surface area (Å²) in [7, 11) is 0. The summed E-state index contributed by atoms with van der Waals surface area (Å²) in [4.78, 5) is 1.31. The lowest BCUT2D eigenvalue weighted by atomic mass is 9.77. The predicted octanol–water partition coefficient (Wildman–Crippen LogP) is 5.79. The Labute approximate surface area is 171 Å². The number of ether oxygens (including phenoxy) is 2. The molecular formula is C24H27NO2S. The average molecular weight is 394 g/mol. The van der Waals surface area contributed by atoms with Crippen molar-refractivity contribution >= 4 is 17.4 Å². The Morgan fingerprint density at radius 1 is 1.18 bits per heavy atom. The standard InChI is InChI=1S/C24H27NO2S/c1-28-18-12-10-16(11-13-18)23-20-7-2-6-19(20)21-8-3-9-22(24(21)25-23)27-15-17-5-4-14-26-17/h2-3,6,8-13,17,19-20,23,25H,4-5,7,14-15H2,1H3. The average Bonchev–Trinajstić information content (AvgIpc) is 3.44. The Bertz CT molecular complexity index is 857. The number of benzene rings is 2. The molecule has 1 fully saturated rings. The first-order valence-electron chi connectivity index (χ1n) is 10.3. The van der Waals surface area contributed by atoms with Gasteiger partial charge in [-0.2, -0.15) is 0 Å². The third-order valence-electron chi connectivity index (χ3n) is 6.28. The van der Waals surface area contributed by atoms with Gasteiger partial charge in [0.05, 0.1) is 17.8 Å². The highest BCUT2D eigenvalue weighted by Gasteiger charge is 2.39. The van der Waals surface area contributed by atoms with E-state index in [4.69, 9.17) is 9.47 Å². The van der Waals surface area contributed by atoms with Crippen LogP contribution in [0.15, 0.2) is 59.5 Å². The molecule has 4 heteroatoms. The van der Waals surface area contributed by atoms with Crippen LogP contribution >= 0.6 is 11.8 Å². The summed E-state index contributed by atoms with van der Waals surface area (Å²) in [5, 5.41) is 3.85. The van der Waals surface area contributed by atoms with E-state index in [0.717, 1.165) is 37.3 Å². The number of thioether (sulfide) groups is 1. The summed E-state index contributed by atoms with van der Waals surface area (Å²) in [6.07, 6.45) is 10.4. The third kappa shape index (κ3) is 3.33. The number of nitrogens with one attached hydrogen (secondary N) is 1. The van der Waals surface area contributed by atoms with Gasteiger partial charge in [0.2, 0.25) is 0 Å². The molecule has 4 unspecified atom stereocenters. The molecule has 0 radical (unpaired) electrons. The van der Waals surface area contributed by atoms with E-state index in [1.165, 1.54) is 16.0 Å². The fourth-order valence-corrected chi connectivity index (χ4v) is 5.22. The van der Waals surface area contributed by atoms with Gasteiger partial charge in [-0.25, -0.2) is 0 Å². The Morgan fingerprint density at radius 2 is 2.07 bits per heavy atom. The molecule has 146 valence electrons. The summed E-state index contributed by atoms with van der Waals surface area (Å²) in [6.45, 7) is 1.50. The summed E-state index contributed by atoms with van der Waals surface area (Å²) >= 11 is 1.79. The van der Waals surface area contributed by atoms with Crippen LogP contribution in [0.2, 0.25) is 0 Å². The van der Waals surface area contributed by atoms with Gasteiger partial charge in [-0.05, 0) is 60.8 Å². The first-order valence-corrected chi connectivity index (χ1v) is 11.5. The maximum Gasteiger partial charge on any atom is 0.142 e. The van der Waals surface area contributed by atoms with Crippen LogP contribution in [0.4, 0.5) is 5.69 Å². The second-order valence-corrected chi connectivity index (χ2v) is 8.79. The van der Waals surface area contributed by atoms with Crippen LogP contribution in [0.25, 0.3) is 0 Å². The maximum absolute atomic E-state index is 6.24. The van der Waals surface area contributed by atoms with E-state index in [9.17, 15) is 0 Å². The number of hydrogen-bond donors (Lipinski definition) is 1. The highest BCUT2D eigenvalue weighted by Crippen LogP contribution is 2.52. The van der Waals surface area contributed by atoms with E-state index < -0.39 is 0 Å². The number of fused-ring (bicyclic) bond motifs is 3. The van der Waals surface area contributed by atoms with Crippen LogP contribution in [-0.4, -0.2) is 25.6 Å². The van der Waals surface area contributed by atoms with Crippen LogP contribution in [0.3, 0.4) is 0 Å². The molecule has 1 N–H and O–H groups in total. The summed E-state index contributed by atoms with van der Waals surface area (Å²) < 4.78 is 12.0. The molecule has 2 aromatic rings. The van der Waals surface area contributed by atoms with Crippen LogP contribution in [0, 0.1) is 5.92 Å². The van der Waals surface area contributed by atoms with Gasteiger partial charge in [-0.1, -0.05) is 36.4 Å². The summed E-state index contributed by atoms with van der Waals surface area (Å²) in [6, 6.07) is 15.8. The molecule has 2 heterocycles. The zero-order valence-electron chi connectivity index (χ0n) is 16.3. The predicted molar refractivity (Wildman–Crippen MR) is 115 cm³/mol. The second kappa shape index (κ2) is 7.84. The van der Waals surface area contributed by atoms with Crippen molar-refractivity contribution in [2.45, 2.75) is 42.2 Å². The van der Waals surface area contributed by atoms with Crippen molar-refractivity contribution < 1.29 is 9.47 Å². The Balaban J connectivity index is 1.45. The van der Waals surface area contributed by atoms with Gasteiger partial charge in [-0.3, -0.25) is 0 Å². The molecule has 5 rings (SSSR count). The zero-order valence-corrected chi connectivity index (χ0v) is 17.1. The lowest BCUT2D eigenvalue weighted by molar-refractivity contribution is 0.0681. The highest BCUT2D eigenvalue weighted by atomic mass is 32.2. The van der Waals surface area contributed by atoms with Crippen molar-refractivity contribution in [1.29, 1.82) is 0 Å². The number of para-hydroxylation sites is 1. The van der Waals surface area contributed by atoms with Crippen LogP contribution < -0.4 is 10.1 Å². The first kappa shape index (κ1) is 18.1. The van der Waals surface area contributed by atoms with E-state index in [-0.39, 0.29) is 6.10 Å². The smallest absolute Gasteiger partial charge is 0.142 e. The van der Waals surface area contributed by atoms with Crippen molar-refractivity contribution in [2.75, 3.05) is 24.8 Å². The zero-order chi connectivity index (χ0) is 18.9. The van der Waals surface area contributed by atoms with Gasteiger partial charge >= 0.3 is 0 Å². The molecule has 1 aliphatic carbocycles. The number of anilines is 1. The third-order valence-corrected chi connectivity index (χ3v) is 7.03. The Hall–Kier alpha value is -1.91. The topological polar surface area (TPSA) is 30.5 Å². The van der Waals surface area contributed by atoms with E-state index in [2.05, 4.69) is 66.2 Å².